The second kappa shape index (κ2) is 6.93. The number of likely N-dealkylation sites (N-methyl/N-ethyl adjacent to an activating group) is 1. The van der Waals surface area contributed by atoms with Crippen molar-refractivity contribution >= 4 is 5.78 Å². The summed E-state index contributed by atoms with van der Waals surface area (Å²) >= 11 is 0. The lowest BCUT2D eigenvalue weighted by Gasteiger charge is -2.31. The van der Waals surface area contributed by atoms with Crippen molar-refractivity contribution in [3.8, 4) is 0 Å². The monoisotopic (exact) mass is 214 g/mol. The van der Waals surface area contributed by atoms with Crippen LogP contribution in [0.2, 0.25) is 0 Å². The number of ether oxygens (including phenoxy) is 1. The van der Waals surface area contributed by atoms with E-state index >= 15 is 0 Å². The molecule has 0 amide bonds. The number of Topliss-reactive ketones (excluding diaryl/α,β-unsaturated/α-hetero) is 1. The first-order valence-corrected chi connectivity index (χ1v) is 5.70. The Balaban J connectivity index is 2.10. The molecule has 0 unspecified atom stereocenters. The number of likely N-dealkylation sites (tertiary alicyclic amines) is 1. The van der Waals surface area contributed by atoms with E-state index in [0.717, 1.165) is 39.1 Å². The van der Waals surface area contributed by atoms with Crippen LogP contribution in [-0.4, -0.2) is 56.6 Å². The van der Waals surface area contributed by atoms with E-state index in [4.69, 9.17) is 4.74 Å². The largest absolute Gasteiger partial charge is 0.377 e. The molecule has 1 saturated heterocycles. The van der Waals surface area contributed by atoms with Gasteiger partial charge in [0.05, 0.1) is 19.3 Å². The molecule has 0 atom stereocenters. The van der Waals surface area contributed by atoms with Gasteiger partial charge in [0.25, 0.3) is 0 Å². The molecular formula is C11H22N2O2. The lowest BCUT2D eigenvalue weighted by molar-refractivity contribution is -0.118. The first kappa shape index (κ1) is 12.6. The molecule has 1 fully saturated rings. The van der Waals surface area contributed by atoms with Crippen LogP contribution in [0.1, 0.15) is 19.8 Å². The Labute approximate surface area is 92.0 Å². The van der Waals surface area contributed by atoms with Gasteiger partial charge < -0.3 is 10.1 Å². The van der Waals surface area contributed by atoms with Crippen LogP contribution in [-0.2, 0) is 9.53 Å². The second-order valence-electron chi connectivity index (χ2n) is 4.15. The zero-order chi connectivity index (χ0) is 11.1. The summed E-state index contributed by atoms with van der Waals surface area (Å²) < 4.78 is 5.70. The van der Waals surface area contributed by atoms with Gasteiger partial charge in [-0.3, -0.25) is 9.69 Å². The van der Waals surface area contributed by atoms with Gasteiger partial charge in [0.1, 0.15) is 5.78 Å². The number of hydrogen-bond acceptors (Lipinski definition) is 4. The molecule has 0 spiro atoms. The van der Waals surface area contributed by atoms with Crippen molar-refractivity contribution in [3.63, 3.8) is 0 Å². The van der Waals surface area contributed by atoms with E-state index in [9.17, 15) is 4.79 Å². The number of hydrogen-bond donors (Lipinski definition) is 1. The molecule has 1 N–H and O–H groups in total. The van der Waals surface area contributed by atoms with Crippen LogP contribution >= 0.6 is 0 Å². The molecule has 0 radical (unpaired) electrons. The van der Waals surface area contributed by atoms with Gasteiger partial charge in [-0.25, -0.2) is 0 Å². The number of ketones is 1. The zero-order valence-corrected chi connectivity index (χ0v) is 9.79. The van der Waals surface area contributed by atoms with E-state index in [1.807, 2.05) is 7.05 Å². The topological polar surface area (TPSA) is 41.6 Å². The highest BCUT2D eigenvalue weighted by atomic mass is 16.5. The maximum atomic E-state index is 10.9. The fourth-order valence-corrected chi connectivity index (χ4v) is 1.88. The Hall–Kier alpha value is -0.450. The molecule has 0 saturated carbocycles. The summed E-state index contributed by atoms with van der Waals surface area (Å²) in [5, 5.41) is 3.06. The highest BCUT2D eigenvalue weighted by molar-refractivity contribution is 5.77. The Morgan fingerprint density at radius 3 is 2.67 bits per heavy atom. The summed E-state index contributed by atoms with van der Waals surface area (Å²) in [4.78, 5) is 13.1. The molecule has 1 heterocycles. The third kappa shape index (κ3) is 5.25. The summed E-state index contributed by atoms with van der Waals surface area (Å²) in [6.45, 7) is 5.92. The minimum Gasteiger partial charge on any atom is -0.377 e. The molecule has 0 aromatic heterocycles. The molecule has 15 heavy (non-hydrogen) atoms. The van der Waals surface area contributed by atoms with E-state index in [-0.39, 0.29) is 5.78 Å². The van der Waals surface area contributed by atoms with Gasteiger partial charge in [-0.2, -0.15) is 0 Å². The van der Waals surface area contributed by atoms with E-state index in [1.165, 1.54) is 0 Å². The first-order chi connectivity index (χ1) is 7.22. The molecule has 88 valence electrons. The average molecular weight is 214 g/mol. The van der Waals surface area contributed by atoms with E-state index in [0.29, 0.717) is 12.6 Å². The van der Waals surface area contributed by atoms with Crippen LogP contribution in [0.5, 0.6) is 0 Å². The van der Waals surface area contributed by atoms with Crippen molar-refractivity contribution in [2.45, 2.75) is 25.9 Å². The number of nitrogens with one attached hydrogen (secondary N) is 1. The molecule has 1 aliphatic rings. The Morgan fingerprint density at radius 1 is 1.47 bits per heavy atom. The maximum Gasteiger partial charge on any atom is 0.143 e. The Kier molecular flexibility index (Phi) is 5.83. The van der Waals surface area contributed by atoms with Gasteiger partial charge in [0, 0.05) is 19.6 Å². The van der Waals surface area contributed by atoms with Gasteiger partial charge in [0.2, 0.25) is 0 Å². The summed E-state index contributed by atoms with van der Waals surface area (Å²) in [7, 11) is 1.93. The number of piperidine rings is 1. The summed E-state index contributed by atoms with van der Waals surface area (Å²) in [5.74, 6) is 0.254. The van der Waals surface area contributed by atoms with Crippen molar-refractivity contribution in [1.82, 2.24) is 10.2 Å². The minimum atomic E-state index is 0.254. The molecule has 4 heteroatoms. The van der Waals surface area contributed by atoms with Crippen LogP contribution in [0.25, 0.3) is 0 Å². The second-order valence-corrected chi connectivity index (χ2v) is 4.15. The summed E-state index contributed by atoms with van der Waals surface area (Å²) in [6.07, 6.45) is 2.50. The molecule has 4 nitrogen and oxygen atoms in total. The molecule has 0 aromatic carbocycles. The fourth-order valence-electron chi connectivity index (χ4n) is 1.88. The first-order valence-electron chi connectivity index (χ1n) is 5.70. The molecular weight excluding hydrogens is 192 g/mol. The number of nitrogens with zero attached hydrogens (tertiary/aromatic N) is 1. The predicted molar refractivity (Wildman–Crippen MR) is 60.0 cm³/mol. The van der Waals surface area contributed by atoms with Crippen LogP contribution in [0, 0.1) is 0 Å². The number of carbonyl (C=O) groups excluding carboxylic acids is 1. The predicted octanol–water partition coefficient (Wildman–Crippen LogP) is 0.276. The van der Waals surface area contributed by atoms with Gasteiger partial charge in [-0.05, 0) is 26.8 Å². The fraction of sp³-hybridized carbons (Fsp3) is 0.909. The van der Waals surface area contributed by atoms with Gasteiger partial charge in [0.15, 0.2) is 0 Å². The normalized spacial score (nSPS) is 19.3. The SMILES string of the molecule is CNCCOC1CCN(CC(C)=O)CC1. The van der Waals surface area contributed by atoms with Crippen molar-refractivity contribution in [2.75, 3.05) is 39.8 Å². The van der Waals surface area contributed by atoms with Crippen LogP contribution in [0.15, 0.2) is 0 Å². The van der Waals surface area contributed by atoms with Crippen LogP contribution in [0.3, 0.4) is 0 Å². The minimum absolute atomic E-state index is 0.254. The summed E-state index contributed by atoms with van der Waals surface area (Å²) in [6, 6.07) is 0. The van der Waals surface area contributed by atoms with E-state index in [1.54, 1.807) is 6.92 Å². The summed E-state index contributed by atoms with van der Waals surface area (Å²) in [5.41, 5.74) is 0. The number of rotatable bonds is 6. The standard InChI is InChI=1S/C11H22N2O2/c1-10(14)9-13-6-3-11(4-7-13)15-8-5-12-2/h11-12H,3-9H2,1-2H3. The molecule has 0 bridgehead atoms. The van der Waals surface area contributed by atoms with Gasteiger partial charge in [-0.1, -0.05) is 0 Å². The third-order valence-electron chi connectivity index (χ3n) is 2.69. The van der Waals surface area contributed by atoms with Crippen molar-refractivity contribution in [3.05, 3.63) is 0 Å². The molecule has 1 rings (SSSR count). The van der Waals surface area contributed by atoms with Crippen molar-refractivity contribution < 1.29 is 9.53 Å². The lowest BCUT2D eigenvalue weighted by atomic mass is 10.1. The molecule has 1 aliphatic heterocycles. The van der Waals surface area contributed by atoms with Crippen molar-refractivity contribution in [2.24, 2.45) is 0 Å². The molecule has 0 aliphatic carbocycles. The zero-order valence-electron chi connectivity index (χ0n) is 9.79. The third-order valence-corrected chi connectivity index (χ3v) is 2.69. The van der Waals surface area contributed by atoms with Gasteiger partial charge >= 0.3 is 0 Å². The van der Waals surface area contributed by atoms with Crippen molar-refractivity contribution in [1.29, 1.82) is 0 Å². The number of carbonyl (C=O) groups is 1. The van der Waals surface area contributed by atoms with E-state index in [2.05, 4.69) is 10.2 Å². The lowest BCUT2D eigenvalue weighted by Crippen LogP contribution is -2.39. The van der Waals surface area contributed by atoms with E-state index < -0.39 is 0 Å². The van der Waals surface area contributed by atoms with Crippen LogP contribution < -0.4 is 5.32 Å². The maximum absolute atomic E-state index is 10.9. The highest BCUT2D eigenvalue weighted by Crippen LogP contribution is 2.12. The molecule has 0 aromatic rings. The Bertz CT molecular complexity index is 189. The van der Waals surface area contributed by atoms with Gasteiger partial charge in [-0.15, -0.1) is 0 Å². The Morgan fingerprint density at radius 2 is 2.13 bits per heavy atom. The highest BCUT2D eigenvalue weighted by Gasteiger charge is 2.19. The quantitative estimate of drug-likeness (QED) is 0.645. The van der Waals surface area contributed by atoms with Crippen LogP contribution in [0.4, 0.5) is 0 Å². The smallest absolute Gasteiger partial charge is 0.143 e. The average Bonchev–Trinajstić information content (AvgIpc) is 2.20.